The van der Waals surface area contributed by atoms with Gasteiger partial charge in [0.25, 0.3) is 20.2 Å². The molecule has 4 rings (SSSR count). The number of nitrogens with one attached hydrogen (secondary N) is 2. The Kier molecular flexibility index (Phi) is 12.7. The van der Waals surface area contributed by atoms with Crippen molar-refractivity contribution in [3.63, 3.8) is 0 Å². The molecule has 6 N–H and O–H groups in total. The topological polar surface area (TPSA) is 210 Å². The van der Waals surface area contributed by atoms with E-state index in [2.05, 4.69) is 42.5 Å². The second-order valence-corrected chi connectivity index (χ2v) is 13.9. The van der Waals surface area contributed by atoms with Gasteiger partial charge in [-0.3, -0.25) is 23.5 Å². The first-order valence-corrected chi connectivity index (χ1v) is 16.8. The Bertz CT molecular complexity index is 1950. The maximum Gasteiger partial charge on any atom is 0.296 e. The van der Waals surface area contributed by atoms with E-state index in [4.69, 9.17) is 5.73 Å². The third-order valence-electron chi connectivity index (χ3n) is 6.84. The van der Waals surface area contributed by atoms with Gasteiger partial charge in [-0.25, -0.2) is 0 Å². The van der Waals surface area contributed by atoms with E-state index < -0.39 is 63.6 Å². The van der Waals surface area contributed by atoms with Crippen molar-refractivity contribution in [2.45, 2.75) is 35.4 Å². The maximum absolute atomic E-state index is 13.7. The number of carbonyl (C=O) groups is 3. The fourth-order valence-electron chi connectivity index (χ4n) is 4.97. The van der Waals surface area contributed by atoms with E-state index in [9.17, 15) is 40.3 Å². The number of rotatable bonds is 7. The fraction of sp³-hybridized carbons (Fsp3) is 0.192. The molecule has 12 nitrogen and oxygen atoms in total. The largest absolute Gasteiger partial charge is 0.397 e. The molecule has 18 heteroatoms. The molecule has 1 aliphatic carbocycles. The fourth-order valence-corrected chi connectivity index (χ4v) is 7.00. The summed E-state index contributed by atoms with van der Waals surface area (Å²) in [5.74, 6) is -2.01. The van der Waals surface area contributed by atoms with Gasteiger partial charge in [-0.15, -0.1) is 0 Å². The number of anilines is 4. The van der Waals surface area contributed by atoms with Crippen LogP contribution in [0.5, 0.6) is 0 Å². The average Bonchev–Trinajstić information content (AvgIpc) is 2.90. The van der Waals surface area contributed by atoms with Crippen molar-refractivity contribution in [2.75, 3.05) is 21.7 Å². The van der Waals surface area contributed by atoms with Crippen LogP contribution in [-0.2, 0) is 25.0 Å². The molecule has 0 saturated carbocycles. The van der Waals surface area contributed by atoms with Crippen LogP contribution < -0.4 is 16.4 Å². The summed E-state index contributed by atoms with van der Waals surface area (Å²) >= 11 is 6.36. The van der Waals surface area contributed by atoms with Gasteiger partial charge < -0.3 is 16.4 Å². The number of alkyl halides is 2. The van der Waals surface area contributed by atoms with Crippen molar-refractivity contribution in [3.05, 3.63) is 69.3 Å². The molecule has 0 fully saturated rings. The maximum atomic E-state index is 13.7. The van der Waals surface area contributed by atoms with Gasteiger partial charge in [0, 0.05) is 81.3 Å². The Balaban J connectivity index is 0.00000337. The molecule has 1 atom stereocenters. The van der Waals surface area contributed by atoms with Crippen molar-refractivity contribution in [3.8, 4) is 0 Å². The molecule has 0 heterocycles. The molecule has 1 amide bonds. The van der Waals surface area contributed by atoms with E-state index in [0.717, 1.165) is 6.07 Å². The predicted octanol–water partition coefficient (Wildman–Crippen LogP) is 3.54. The number of halogens is 2. The first-order chi connectivity index (χ1) is 19.4. The number of benzene rings is 3. The van der Waals surface area contributed by atoms with E-state index in [1.54, 1.807) is 0 Å². The number of nitrogen functional groups attached to an aromatic ring is 1. The predicted molar refractivity (Wildman–Crippen MR) is 174 cm³/mol. The number of hydrogen-bond acceptors (Lipinski definition) is 9. The zero-order chi connectivity index (χ0) is 31.5. The zero-order valence-corrected chi connectivity index (χ0v) is 32.9. The third-order valence-corrected chi connectivity index (χ3v) is 11.1. The van der Waals surface area contributed by atoms with Crippen molar-refractivity contribution in [2.24, 2.45) is 0 Å². The third kappa shape index (κ3) is 7.06. The molecule has 1 aliphatic rings. The summed E-state index contributed by atoms with van der Waals surface area (Å²) in [7, 11) is -9.91. The van der Waals surface area contributed by atoms with Crippen LogP contribution >= 0.6 is 31.9 Å². The number of hydrogen-bond donors (Lipinski definition) is 5. The number of nitrogens with two attached hydrogens (primary N) is 1. The van der Waals surface area contributed by atoms with Gasteiger partial charge in [0.05, 0.1) is 28.2 Å². The minimum atomic E-state index is -5.03. The number of carbonyl (C=O) groups excluding carboxylic acids is 3. The summed E-state index contributed by atoms with van der Waals surface area (Å²) < 4.78 is 69.6. The van der Waals surface area contributed by atoms with Gasteiger partial charge in [0.15, 0.2) is 11.6 Å². The quantitative estimate of drug-likeness (QED) is 0.0792. The van der Waals surface area contributed by atoms with Crippen molar-refractivity contribution in [1.29, 1.82) is 0 Å². The van der Waals surface area contributed by atoms with E-state index in [1.165, 1.54) is 45.0 Å². The Labute approximate surface area is 314 Å². The van der Waals surface area contributed by atoms with Crippen molar-refractivity contribution in [1.82, 2.24) is 0 Å². The second-order valence-electron chi connectivity index (χ2n) is 9.43. The minimum Gasteiger partial charge on any atom is -0.397 e. The first kappa shape index (κ1) is 39.0. The normalized spacial score (nSPS) is 13.2. The molecule has 0 spiro atoms. The van der Waals surface area contributed by atoms with Crippen LogP contribution in [0.25, 0.3) is 0 Å². The molecule has 3 aromatic rings. The molecule has 3 aromatic carbocycles. The van der Waals surface area contributed by atoms with Crippen LogP contribution in [0.3, 0.4) is 0 Å². The molecule has 224 valence electrons. The number of ketones is 2. The van der Waals surface area contributed by atoms with Crippen LogP contribution in [0.4, 0.5) is 22.7 Å². The van der Waals surface area contributed by atoms with Crippen LogP contribution in [0.15, 0.2) is 40.1 Å². The summed E-state index contributed by atoms with van der Waals surface area (Å²) in [6, 6.07) is 6.67. The summed E-state index contributed by atoms with van der Waals surface area (Å²) in [6.07, 6.45) is 0. The van der Waals surface area contributed by atoms with Gasteiger partial charge in [0.1, 0.15) is 14.6 Å². The molecular formula is C26H23Br2N3Na2O9S2. The van der Waals surface area contributed by atoms with Gasteiger partial charge >= 0.3 is 0 Å². The van der Waals surface area contributed by atoms with Gasteiger partial charge in [-0.2, -0.15) is 16.8 Å². The first-order valence-electron chi connectivity index (χ1n) is 11.9. The summed E-state index contributed by atoms with van der Waals surface area (Å²) in [5, 5.41) is 5.67. The van der Waals surface area contributed by atoms with Crippen LogP contribution in [-0.4, -0.2) is 113 Å². The summed E-state index contributed by atoms with van der Waals surface area (Å²) in [4.78, 5) is 37.8. The smallest absolute Gasteiger partial charge is 0.296 e. The van der Waals surface area contributed by atoms with Gasteiger partial charge in [0.2, 0.25) is 5.91 Å². The number of amides is 1. The zero-order valence-electron chi connectivity index (χ0n) is 24.1. The molecule has 2 radical (unpaired) electrons. The Morgan fingerprint density at radius 3 is 1.86 bits per heavy atom. The molecule has 0 bridgehead atoms. The van der Waals surface area contributed by atoms with Crippen molar-refractivity contribution < 1.29 is 40.3 Å². The van der Waals surface area contributed by atoms with Gasteiger partial charge in [-0.1, -0.05) is 56.1 Å². The van der Waals surface area contributed by atoms with E-state index in [-0.39, 0.29) is 115 Å². The van der Waals surface area contributed by atoms with Crippen molar-refractivity contribution >= 4 is 151 Å². The standard InChI is InChI=1S/C26H23Br2N3O9S2.2Na/c1-10-21(11(2)25(42(38,39)40)12(3)22(10)31-26(34)15(28)9-27)30-16-8-17(41(35,36)37)20(29)19-18(16)23(32)13-6-4-5-7-14(13)24(19)33;;/h4-8,15,30H,9,29H2,1-3H3,(H,31,34)(H,35,36,37)(H,38,39,40);;. The van der Waals surface area contributed by atoms with E-state index in [0.29, 0.717) is 0 Å². The molecule has 1 unspecified atom stereocenters. The monoisotopic (exact) mass is 789 g/mol. The summed E-state index contributed by atoms with van der Waals surface area (Å²) in [5.41, 5.74) is 4.47. The molecule has 44 heavy (non-hydrogen) atoms. The van der Waals surface area contributed by atoms with Gasteiger partial charge in [-0.05, 0) is 43.5 Å². The Hall–Kier alpha value is -1.15. The minimum absolute atomic E-state index is 0. The SMILES string of the molecule is Cc1c(NC(=O)C(Br)CBr)c(C)c(S(=O)(=O)O)c(C)c1Nc1cc(S(=O)(=O)O)c(N)c2c1C(=O)c1ccccc1C2=O.[Na].[Na]. The van der Waals surface area contributed by atoms with Crippen LogP contribution in [0.2, 0.25) is 0 Å². The van der Waals surface area contributed by atoms with Crippen LogP contribution in [0, 0.1) is 20.8 Å². The molecular weight excluding hydrogens is 768 g/mol. The van der Waals surface area contributed by atoms with Crippen LogP contribution in [0.1, 0.15) is 48.5 Å². The molecule has 0 aliphatic heterocycles. The second kappa shape index (κ2) is 14.3. The number of fused-ring (bicyclic) bond motifs is 2. The van der Waals surface area contributed by atoms with E-state index in [1.807, 2.05) is 0 Å². The molecule has 0 saturated heterocycles. The molecule has 0 aromatic heterocycles. The Morgan fingerprint density at radius 1 is 0.886 bits per heavy atom. The average molecular weight is 791 g/mol. The summed E-state index contributed by atoms with van der Waals surface area (Å²) in [6.45, 7) is 4.23. The Morgan fingerprint density at radius 2 is 1.39 bits per heavy atom. The van der Waals surface area contributed by atoms with E-state index >= 15 is 0 Å².